The van der Waals surface area contributed by atoms with Crippen molar-refractivity contribution < 1.29 is 9.59 Å². The molecule has 1 saturated heterocycles. The van der Waals surface area contributed by atoms with Crippen molar-refractivity contribution in [1.82, 2.24) is 10.3 Å². The molecule has 1 fully saturated rings. The lowest BCUT2D eigenvalue weighted by Gasteiger charge is -2.03. The first-order chi connectivity index (χ1) is 14.0. The molecule has 2 N–H and O–H groups in total. The number of aryl methyl sites for hydroxylation is 1. The zero-order valence-corrected chi connectivity index (χ0v) is 17.7. The minimum atomic E-state index is -0.233. The second-order valence-corrected chi connectivity index (χ2v) is 8.91. The second-order valence-electron chi connectivity index (χ2n) is 6.33. The molecule has 0 unspecified atom stereocenters. The molecule has 29 heavy (non-hydrogen) atoms. The first kappa shape index (κ1) is 19.5. The van der Waals surface area contributed by atoms with E-state index in [-0.39, 0.29) is 11.8 Å². The van der Waals surface area contributed by atoms with Crippen LogP contribution < -0.4 is 10.6 Å². The highest BCUT2D eigenvalue weighted by molar-refractivity contribution is 8.26. The van der Waals surface area contributed by atoms with Crippen molar-refractivity contribution in [2.45, 2.75) is 6.92 Å². The van der Waals surface area contributed by atoms with Crippen molar-refractivity contribution in [3.05, 3.63) is 75.5 Å². The molecular formula is C21H15N3O2S3. The molecule has 1 aliphatic rings. The van der Waals surface area contributed by atoms with Crippen LogP contribution in [-0.2, 0) is 4.79 Å². The molecule has 1 aromatic heterocycles. The lowest BCUT2D eigenvalue weighted by molar-refractivity contribution is -0.115. The van der Waals surface area contributed by atoms with Gasteiger partial charge in [-0.15, -0.1) is 11.3 Å². The molecule has 0 spiro atoms. The van der Waals surface area contributed by atoms with Gasteiger partial charge in [0.1, 0.15) is 4.32 Å². The maximum atomic E-state index is 12.5. The molecule has 8 heteroatoms. The molecule has 144 valence electrons. The van der Waals surface area contributed by atoms with Gasteiger partial charge in [-0.2, -0.15) is 0 Å². The largest absolute Gasteiger partial charge is 0.307 e. The van der Waals surface area contributed by atoms with Gasteiger partial charge in [0, 0.05) is 16.5 Å². The van der Waals surface area contributed by atoms with E-state index in [9.17, 15) is 9.59 Å². The van der Waals surface area contributed by atoms with Gasteiger partial charge in [0.15, 0.2) is 5.13 Å². The molecule has 2 aromatic carbocycles. The Labute approximate surface area is 181 Å². The van der Waals surface area contributed by atoms with E-state index in [1.165, 1.54) is 28.7 Å². The second kappa shape index (κ2) is 8.28. The third-order valence-electron chi connectivity index (χ3n) is 4.18. The van der Waals surface area contributed by atoms with E-state index in [4.69, 9.17) is 12.2 Å². The Morgan fingerprint density at radius 1 is 1.14 bits per heavy atom. The Morgan fingerprint density at radius 3 is 2.52 bits per heavy atom. The van der Waals surface area contributed by atoms with Gasteiger partial charge in [-0.1, -0.05) is 65.9 Å². The molecule has 2 heterocycles. The van der Waals surface area contributed by atoms with Crippen molar-refractivity contribution in [2.75, 3.05) is 5.32 Å². The maximum Gasteiger partial charge on any atom is 0.263 e. The molecule has 0 aliphatic carbocycles. The molecule has 0 radical (unpaired) electrons. The van der Waals surface area contributed by atoms with Crippen molar-refractivity contribution in [3.8, 4) is 11.3 Å². The number of thiocarbonyl (C=S) groups is 1. The van der Waals surface area contributed by atoms with Crippen LogP contribution in [0.3, 0.4) is 0 Å². The molecule has 4 rings (SSSR count). The summed E-state index contributed by atoms with van der Waals surface area (Å²) in [6.07, 6.45) is 1.75. The standard InChI is InChI=1S/C21H15N3O2S3/c1-12-2-6-14(7-3-12)16-11-28-20(22-16)23-18(25)15-8-4-13(5-9-15)10-17-19(26)24-21(27)29-17/h2-11H,1H3,(H,22,23,25)(H,24,26,27)/b17-10-. The van der Waals surface area contributed by atoms with Crippen molar-refractivity contribution in [3.63, 3.8) is 0 Å². The molecule has 2 amide bonds. The van der Waals surface area contributed by atoms with E-state index >= 15 is 0 Å². The number of nitrogens with zero attached hydrogens (tertiary/aromatic N) is 1. The number of anilines is 1. The van der Waals surface area contributed by atoms with Crippen LogP contribution in [0, 0.1) is 6.92 Å². The molecular weight excluding hydrogens is 422 g/mol. The minimum Gasteiger partial charge on any atom is -0.307 e. The number of hydrogen-bond donors (Lipinski definition) is 2. The van der Waals surface area contributed by atoms with Crippen LogP contribution in [0.1, 0.15) is 21.5 Å². The number of aromatic nitrogens is 1. The van der Waals surface area contributed by atoms with Gasteiger partial charge in [-0.25, -0.2) is 4.98 Å². The van der Waals surface area contributed by atoms with Crippen molar-refractivity contribution in [1.29, 1.82) is 0 Å². The number of benzene rings is 2. The zero-order valence-electron chi connectivity index (χ0n) is 15.3. The summed E-state index contributed by atoms with van der Waals surface area (Å²) in [6.45, 7) is 2.04. The number of thiazole rings is 1. The highest BCUT2D eigenvalue weighted by Gasteiger charge is 2.21. The third kappa shape index (κ3) is 4.61. The highest BCUT2D eigenvalue weighted by atomic mass is 32.2. The van der Waals surface area contributed by atoms with Crippen LogP contribution in [0.25, 0.3) is 17.3 Å². The van der Waals surface area contributed by atoms with Crippen LogP contribution in [0.2, 0.25) is 0 Å². The lowest BCUT2D eigenvalue weighted by atomic mass is 10.1. The highest BCUT2D eigenvalue weighted by Crippen LogP contribution is 2.27. The van der Waals surface area contributed by atoms with Crippen molar-refractivity contribution >= 4 is 62.7 Å². The summed E-state index contributed by atoms with van der Waals surface area (Å²) in [5, 5.41) is 7.88. The fourth-order valence-corrected chi connectivity index (χ4v) is 4.42. The van der Waals surface area contributed by atoms with Crippen LogP contribution in [-0.4, -0.2) is 21.1 Å². The van der Waals surface area contributed by atoms with Gasteiger partial charge in [0.05, 0.1) is 10.6 Å². The number of amides is 2. The Kier molecular flexibility index (Phi) is 5.57. The molecule has 3 aromatic rings. The smallest absolute Gasteiger partial charge is 0.263 e. The van der Waals surface area contributed by atoms with Gasteiger partial charge in [-0.3, -0.25) is 14.9 Å². The summed E-state index contributed by atoms with van der Waals surface area (Å²) in [6, 6.07) is 15.1. The number of thioether (sulfide) groups is 1. The van der Waals surface area contributed by atoms with Crippen LogP contribution >= 0.6 is 35.3 Å². The quantitative estimate of drug-likeness (QED) is 0.451. The SMILES string of the molecule is Cc1ccc(-c2csc(NC(=O)c3ccc(/C=C4\SC(=S)NC4=O)cc3)n2)cc1. The summed E-state index contributed by atoms with van der Waals surface area (Å²) in [7, 11) is 0. The fraction of sp³-hybridized carbons (Fsp3) is 0.0476. The van der Waals surface area contributed by atoms with Gasteiger partial charge < -0.3 is 5.32 Å². The van der Waals surface area contributed by atoms with Gasteiger partial charge in [-0.05, 0) is 30.7 Å². The van der Waals surface area contributed by atoms with Crippen LogP contribution in [0.15, 0.2) is 58.8 Å². The van der Waals surface area contributed by atoms with E-state index in [1.807, 2.05) is 36.6 Å². The summed E-state index contributed by atoms with van der Waals surface area (Å²) in [5.74, 6) is -0.432. The lowest BCUT2D eigenvalue weighted by Crippen LogP contribution is -2.17. The van der Waals surface area contributed by atoms with Gasteiger partial charge in [0.2, 0.25) is 0 Å². The Balaban J connectivity index is 1.44. The normalized spacial score (nSPS) is 14.9. The monoisotopic (exact) mass is 437 g/mol. The van der Waals surface area contributed by atoms with Gasteiger partial charge >= 0.3 is 0 Å². The number of carbonyl (C=O) groups excluding carboxylic acids is 2. The third-order valence-corrected chi connectivity index (χ3v) is 6.11. The average molecular weight is 438 g/mol. The predicted octanol–water partition coefficient (Wildman–Crippen LogP) is 4.86. The average Bonchev–Trinajstić information content (AvgIpc) is 3.29. The molecule has 1 aliphatic heterocycles. The van der Waals surface area contributed by atoms with E-state index in [1.54, 1.807) is 30.3 Å². The molecule has 0 atom stereocenters. The topological polar surface area (TPSA) is 71.1 Å². The van der Waals surface area contributed by atoms with E-state index in [2.05, 4.69) is 15.6 Å². The number of hydrogen-bond acceptors (Lipinski definition) is 6. The first-order valence-electron chi connectivity index (χ1n) is 8.67. The van der Waals surface area contributed by atoms with Crippen LogP contribution in [0.5, 0.6) is 0 Å². The maximum absolute atomic E-state index is 12.5. The number of carbonyl (C=O) groups is 2. The van der Waals surface area contributed by atoms with Gasteiger partial charge in [0.25, 0.3) is 11.8 Å². The summed E-state index contributed by atoms with van der Waals surface area (Å²) in [5.41, 5.74) is 4.36. The fourth-order valence-electron chi connectivity index (χ4n) is 2.66. The van der Waals surface area contributed by atoms with E-state index in [0.29, 0.717) is 19.9 Å². The molecule has 0 saturated carbocycles. The minimum absolute atomic E-state index is 0.199. The summed E-state index contributed by atoms with van der Waals surface area (Å²) < 4.78 is 0.450. The number of nitrogens with one attached hydrogen (secondary N) is 2. The predicted molar refractivity (Wildman–Crippen MR) is 123 cm³/mol. The Bertz CT molecular complexity index is 1130. The molecule has 0 bridgehead atoms. The molecule has 5 nitrogen and oxygen atoms in total. The summed E-state index contributed by atoms with van der Waals surface area (Å²) in [4.78, 5) is 29.3. The summed E-state index contributed by atoms with van der Waals surface area (Å²) >= 11 is 7.59. The zero-order chi connectivity index (χ0) is 20.4. The van der Waals surface area contributed by atoms with E-state index in [0.717, 1.165) is 16.8 Å². The number of rotatable bonds is 4. The van der Waals surface area contributed by atoms with Crippen LogP contribution in [0.4, 0.5) is 5.13 Å². The van der Waals surface area contributed by atoms with Crippen molar-refractivity contribution in [2.24, 2.45) is 0 Å². The Morgan fingerprint density at radius 2 is 1.86 bits per heavy atom. The Hall–Kier alpha value is -2.81. The first-order valence-corrected chi connectivity index (χ1v) is 10.8. The van der Waals surface area contributed by atoms with E-state index < -0.39 is 0 Å².